The Kier molecular flexibility index (Phi) is 5.44. The number of nitrogens with one attached hydrogen (secondary N) is 1. The summed E-state index contributed by atoms with van der Waals surface area (Å²) in [4.78, 5) is 11.9. The van der Waals surface area contributed by atoms with Crippen molar-refractivity contribution in [3.05, 3.63) is 0 Å². The van der Waals surface area contributed by atoms with Crippen LogP contribution < -0.4 is 11.1 Å². The molecule has 0 bridgehead atoms. The van der Waals surface area contributed by atoms with Crippen molar-refractivity contribution in [3.63, 3.8) is 0 Å². The largest absolute Gasteiger partial charge is 0.353 e. The Balaban J connectivity index is 2.35. The number of hydrogen-bond acceptors (Lipinski definition) is 2. The van der Waals surface area contributed by atoms with Crippen molar-refractivity contribution in [2.45, 2.75) is 65.3 Å². The van der Waals surface area contributed by atoms with Crippen LogP contribution in [-0.4, -0.2) is 18.5 Å². The van der Waals surface area contributed by atoms with Gasteiger partial charge in [-0.15, -0.1) is 0 Å². The van der Waals surface area contributed by atoms with Crippen LogP contribution in [0.3, 0.4) is 0 Å². The fraction of sp³-hybridized carbons (Fsp3) is 0.929. The molecule has 0 radical (unpaired) electrons. The first-order valence-corrected chi connectivity index (χ1v) is 6.96. The summed E-state index contributed by atoms with van der Waals surface area (Å²) in [5, 5.41) is 3.18. The lowest BCUT2D eigenvalue weighted by atomic mass is 9.75. The highest BCUT2D eigenvalue weighted by Crippen LogP contribution is 2.35. The summed E-state index contributed by atoms with van der Waals surface area (Å²) in [6.07, 6.45) is 6.32. The summed E-state index contributed by atoms with van der Waals surface area (Å²) in [7, 11) is 0. The molecule has 1 aliphatic rings. The van der Waals surface area contributed by atoms with Gasteiger partial charge in [-0.1, -0.05) is 33.6 Å². The molecule has 1 fully saturated rings. The van der Waals surface area contributed by atoms with E-state index in [9.17, 15) is 4.79 Å². The van der Waals surface area contributed by atoms with E-state index in [1.165, 1.54) is 12.8 Å². The third kappa shape index (κ3) is 5.07. The molecule has 1 amide bonds. The maximum absolute atomic E-state index is 11.9. The highest BCUT2D eigenvalue weighted by molar-refractivity contribution is 5.76. The van der Waals surface area contributed by atoms with Gasteiger partial charge in [-0.05, 0) is 37.1 Å². The molecule has 100 valence electrons. The van der Waals surface area contributed by atoms with Crippen LogP contribution in [0.4, 0.5) is 0 Å². The summed E-state index contributed by atoms with van der Waals surface area (Å²) >= 11 is 0. The average molecular weight is 240 g/mol. The highest BCUT2D eigenvalue weighted by Gasteiger charge is 2.28. The molecule has 2 atom stereocenters. The van der Waals surface area contributed by atoms with Gasteiger partial charge in [0.1, 0.15) is 0 Å². The van der Waals surface area contributed by atoms with Crippen LogP contribution in [0.25, 0.3) is 0 Å². The number of hydrogen-bond donors (Lipinski definition) is 2. The predicted molar refractivity (Wildman–Crippen MR) is 71.6 cm³/mol. The molecule has 3 N–H and O–H groups in total. The number of amides is 1. The average Bonchev–Trinajstić information content (AvgIpc) is 2.24. The van der Waals surface area contributed by atoms with Gasteiger partial charge in [-0.3, -0.25) is 4.79 Å². The van der Waals surface area contributed by atoms with Crippen molar-refractivity contribution in [2.75, 3.05) is 6.54 Å². The van der Waals surface area contributed by atoms with E-state index in [1.807, 2.05) is 0 Å². The fourth-order valence-electron chi connectivity index (χ4n) is 2.76. The number of rotatable bonds is 5. The molecule has 0 saturated heterocycles. The first-order valence-electron chi connectivity index (χ1n) is 6.96. The van der Waals surface area contributed by atoms with Crippen molar-refractivity contribution in [1.82, 2.24) is 5.32 Å². The predicted octanol–water partition coefficient (Wildman–Crippen LogP) is 2.45. The molecule has 1 aliphatic carbocycles. The van der Waals surface area contributed by atoms with Crippen LogP contribution >= 0.6 is 0 Å². The van der Waals surface area contributed by atoms with Crippen molar-refractivity contribution < 1.29 is 4.79 Å². The summed E-state index contributed by atoms with van der Waals surface area (Å²) in [5.74, 6) is 0.525. The minimum absolute atomic E-state index is 0.185. The lowest BCUT2D eigenvalue weighted by Gasteiger charge is -2.35. The maximum Gasteiger partial charge on any atom is 0.220 e. The van der Waals surface area contributed by atoms with E-state index in [-0.39, 0.29) is 5.91 Å². The topological polar surface area (TPSA) is 55.1 Å². The minimum atomic E-state index is 0.185. The zero-order chi connectivity index (χ0) is 12.9. The van der Waals surface area contributed by atoms with Gasteiger partial charge in [0.25, 0.3) is 0 Å². The summed E-state index contributed by atoms with van der Waals surface area (Å²) in [5.41, 5.74) is 6.01. The monoisotopic (exact) mass is 240 g/mol. The van der Waals surface area contributed by atoms with Crippen LogP contribution in [0.1, 0.15) is 59.3 Å². The summed E-state index contributed by atoms with van der Waals surface area (Å²) in [6.45, 7) is 7.29. The second kappa shape index (κ2) is 6.39. The molecule has 3 nitrogen and oxygen atoms in total. The summed E-state index contributed by atoms with van der Waals surface area (Å²) in [6, 6.07) is 0.376. The van der Waals surface area contributed by atoms with Crippen LogP contribution in [0.15, 0.2) is 0 Å². The maximum atomic E-state index is 11.9. The quantitative estimate of drug-likeness (QED) is 0.775. The van der Waals surface area contributed by atoms with Gasteiger partial charge in [-0.25, -0.2) is 0 Å². The van der Waals surface area contributed by atoms with Gasteiger partial charge in [0.2, 0.25) is 5.91 Å². The van der Waals surface area contributed by atoms with Gasteiger partial charge in [0, 0.05) is 12.5 Å². The van der Waals surface area contributed by atoms with E-state index >= 15 is 0 Å². The molecule has 2 unspecified atom stereocenters. The lowest BCUT2D eigenvalue weighted by Crippen LogP contribution is -2.41. The van der Waals surface area contributed by atoms with Crippen molar-refractivity contribution in [1.29, 1.82) is 0 Å². The first kappa shape index (κ1) is 14.5. The zero-order valence-corrected chi connectivity index (χ0v) is 11.6. The van der Waals surface area contributed by atoms with Gasteiger partial charge < -0.3 is 11.1 Å². The molecule has 0 aromatic heterocycles. The van der Waals surface area contributed by atoms with Gasteiger partial charge >= 0.3 is 0 Å². The normalized spacial score (nSPS) is 25.3. The van der Waals surface area contributed by atoms with Crippen LogP contribution in [0, 0.1) is 11.3 Å². The molecule has 17 heavy (non-hydrogen) atoms. The Bertz CT molecular complexity index is 247. The van der Waals surface area contributed by atoms with E-state index in [1.54, 1.807) is 0 Å². The molecule has 3 heteroatoms. The fourth-order valence-corrected chi connectivity index (χ4v) is 2.76. The van der Waals surface area contributed by atoms with E-state index < -0.39 is 0 Å². The number of carbonyl (C=O) groups is 1. The molecule has 0 heterocycles. The van der Waals surface area contributed by atoms with E-state index in [0.29, 0.717) is 30.3 Å². The third-order valence-corrected chi connectivity index (χ3v) is 3.95. The van der Waals surface area contributed by atoms with E-state index in [0.717, 1.165) is 19.3 Å². The van der Waals surface area contributed by atoms with E-state index in [4.69, 9.17) is 5.73 Å². The SMILES string of the molecule is CCC(CN)CC(=O)NC1CCCC(C)(C)C1. The number of nitrogens with two attached hydrogens (primary N) is 1. The lowest BCUT2D eigenvalue weighted by molar-refractivity contribution is -0.123. The van der Waals surface area contributed by atoms with Gasteiger partial charge in [0.15, 0.2) is 0 Å². The Labute approximate surface area is 106 Å². The van der Waals surface area contributed by atoms with E-state index in [2.05, 4.69) is 26.1 Å². The third-order valence-electron chi connectivity index (χ3n) is 3.95. The highest BCUT2D eigenvalue weighted by atomic mass is 16.1. The van der Waals surface area contributed by atoms with Crippen LogP contribution in [0.5, 0.6) is 0 Å². The van der Waals surface area contributed by atoms with Crippen LogP contribution in [-0.2, 0) is 4.79 Å². The van der Waals surface area contributed by atoms with Crippen LogP contribution in [0.2, 0.25) is 0 Å². The first-order chi connectivity index (χ1) is 7.96. The minimum Gasteiger partial charge on any atom is -0.353 e. The zero-order valence-electron chi connectivity index (χ0n) is 11.6. The molecule has 1 saturated carbocycles. The molecule has 0 spiro atoms. The van der Waals surface area contributed by atoms with Crippen molar-refractivity contribution >= 4 is 5.91 Å². The smallest absolute Gasteiger partial charge is 0.220 e. The van der Waals surface area contributed by atoms with Crippen molar-refractivity contribution in [3.8, 4) is 0 Å². The van der Waals surface area contributed by atoms with Crippen molar-refractivity contribution in [2.24, 2.45) is 17.1 Å². The Morgan fingerprint density at radius 2 is 2.24 bits per heavy atom. The summed E-state index contributed by atoms with van der Waals surface area (Å²) < 4.78 is 0. The Morgan fingerprint density at radius 3 is 2.76 bits per heavy atom. The molecule has 0 aliphatic heterocycles. The molecule has 1 rings (SSSR count). The van der Waals surface area contributed by atoms with Gasteiger partial charge in [-0.2, -0.15) is 0 Å². The Morgan fingerprint density at radius 1 is 1.53 bits per heavy atom. The second-order valence-corrected chi connectivity index (χ2v) is 6.24. The van der Waals surface area contributed by atoms with Gasteiger partial charge in [0.05, 0.1) is 0 Å². The second-order valence-electron chi connectivity index (χ2n) is 6.24. The Hall–Kier alpha value is -0.570. The molecule has 0 aromatic rings. The molecule has 0 aromatic carbocycles. The molecular formula is C14H28N2O. The standard InChI is InChI=1S/C14H28N2O/c1-4-11(10-15)8-13(17)16-12-6-5-7-14(2,3)9-12/h11-12H,4-10,15H2,1-3H3,(H,16,17). The number of carbonyl (C=O) groups excluding carboxylic acids is 1. The molecular weight excluding hydrogens is 212 g/mol.